The maximum atomic E-state index is 10.7. The lowest BCUT2D eigenvalue weighted by Crippen LogP contribution is -2.36. The fraction of sp³-hybridized carbons (Fsp3) is 0.875. The summed E-state index contributed by atoms with van der Waals surface area (Å²) in [7, 11) is 0. The molecule has 1 aliphatic heterocycles. The molecule has 0 aromatic rings. The number of aliphatic carboxylic acids is 1. The summed E-state index contributed by atoms with van der Waals surface area (Å²) in [5, 5.41) is 11.8. The third kappa shape index (κ3) is 1.25. The van der Waals surface area contributed by atoms with Crippen molar-refractivity contribution in [3.63, 3.8) is 0 Å². The zero-order chi connectivity index (χ0) is 7.84. The summed E-state index contributed by atoms with van der Waals surface area (Å²) >= 11 is 0. The highest BCUT2D eigenvalue weighted by atomic mass is 16.4. The summed E-state index contributed by atoms with van der Waals surface area (Å²) < 4.78 is 0. The van der Waals surface area contributed by atoms with Gasteiger partial charge < -0.3 is 10.4 Å². The van der Waals surface area contributed by atoms with Crippen LogP contribution < -0.4 is 5.32 Å². The standard InChI is InChI=1S/C8H13NO2/c10-8(11)7-6(3-4-9-7)5-1-2-5/h5-7,9H,1-4H2,(H,10,11)/t6-,7+/m0/s1. The van der Waals surface area contributed by atoms with Crippen molar-refractivity contribution < 1.29 is 9.90 Å². The first-order chi connectivity index (χ1) is 5.29. The SMILES string of the molecule is O=C(O)[C@@H]1NCC[C@H]1C1CC1. The lowest BCUT2D eigenvalue weighted by atomic mass is 9.95. The lowest BCUT2D eigenvalue weighted by Gasteiger charge is -2.13. The molecule has 2 rings (SSSR count). The minimum Gasteiger partial charge on any atom is -0.480 e. The van der Waals surface area contributed by atoms with Crippen LogP contribution in [0.2, 0.25) is 0 Å². The van der Waals surface area contributed by atoms with E-state index in [9.17, 15) is 4.79 Å². The van der Waals surface area contributed by atoms with E-state index >= 15 is 0 Å². The molecule has 3 heteroatoms. The first-order valence-electron chi connectivity index (χ1n) is 4.25. The molecule has 3 nitrogen and oxygen atoms in total. The minimum atomic E-state index is -0.667. The molecule has 0 aromatic heterocycles. The van der Waals surface area contributed by atoms with Crippen molar-refractivity contribution in [2.75, 3.05) is 6.54 Å². The van der Waals surface area contributed by atoms with E-state index in [4.69, 9.17) is 5.11 Å². The zero-order valence-electron chi connectivity index (χ0n) is 6.42. The van der Waals surface area contributed by atoms with E-state index in [0.717, 1.165) is 13.0 Å². The van der Waals surface area contributed by atoms with E-state index in [1.54, 1.807) is 0 Å². The van der Waals surface area contributed by atoms with E-state index in [1.807, 2.05) is 0 Å². The Morgan fingerprint density at radius 1 is 1.36 bits per heavy atom. The molecular formula is C8H13NO2. The van der Waals surface area contributed by atoms with Crippen LogP contribution in [0, 0.1) is 11.8 Å². The van der Waals surface area contributed by atoms with Crippen LogP contribution in [0.1, 0.15) is 19.3 Å². The Kier molecular flexibility index (Phi) is 1.60. The van der Waals surface area contributed by atoms with Crippen molar-refractivity contribution >= 4 is 5.97 Å². The topological polar surface area (TPSA) is 49.3 Å². The molecule has 1 heterocycles. The Morgan fingerprint density at radius 2 is 2.09 bits per heavy atom. The average Bonchev–Trinajstić information content (AvgIpc) is 2.68. The van der Waals surface area contributed by atoms with Gasteiger partial charge in [0.25, 0.3) is 0 Å². The Labute approximate surface area is 65.8 Å². The molecular weight excluding hydrogens is 142 g/mol. The molecule has 0 radical (unpaired) electrons. The van der Waals surface area contributed by atoms with Gasteiger partial charge in [-0.25, -0.2) is 0 Å². The number of hydrogen-bond donors (Lipinski definition) is 2. The Balaban J connectivity index is 2.01. The second kappa shape index (κ2) is 2.48. The van der Waals surface area contributed by atoms with Gasteiger partial charge in [-0.05, 0) is 37.6 Å². The van der Waals surface area contributed by atoms with Gasteiger partial charge in [-0.3, -0.25) is 4.79 Å². The summed E-state index contributed by atoms with van der Waals surface area (Å²) in [5.41, 5.74) is 0. The quantitative estimate of drug-likeness (QED) is 0.609. The zero-order valence-corrected chi connectivity index (χ0v) is 6.42. The van der Waals surface area contributed by atoms with Gasteiger partial charge in [0.05, 0.1) is 0 Å². The molecule has 0 amide bonds. The molecule has 1 saturated heterocycles. The van der Waals surface area contributed by atoms with Gasteiger partial charge in [0.1, 0.15) is 6.04 Å². The van der Waals surface area contributed by atoms with E-state index < -0.39 is 5.97 Å². The van der Waals surface area contributed by atoms with Gasteiger partial charge in [0, 0.05) is 0 Å². The third-order valence-electron chi connectivity index (χ3n) is 2.76. The number of rotatable bonds is 2. The highest BCUT2D eigenvalue weighted by Gasteiger charge is 2.42. The predicted molar refractivity (Wildman–Crippen MR) is 40.3 cm³/mol. The van der Waals surface area contributed by atoms with Crippen LogP contribution in [-0.4, -0.2) is 23.7 Å². The van der Waals surface area contributed by atoms with E-state index in [0.29, 0.717) is 11.8 Å². The molecule has 2 N–H and O–H groups in total. The number of carboxylic acid groups (broad SMARTS) is 1. The highest BCUT2D eigenvalue weighted by Crippen LogP contribution is 2.41. The van der Waals surface area contributed by atoms with Crippen LogP contribution in [0.4, 0.5) is 0 Å². The van der Waals surface area contributed by atoms with Gasteiger partial charge in [0.15, 0.2) is 0 Å². The molecule has 0 bridgehead atoms. The van der Waals surface area contributed by atoms with Crippen LogP contribution in [0.25, 0.3) is 0 Å². The van der Waals surface area contributed by atoms with Crippen LogP contribution in [0.5, 0.6) is 0 Å². The third-order valence-corrected chi connectivity index (χ3v) is 2.76. The summed E-state index contributed by atoms with van der Waals surface area (Å²) in [6, 6.07) is -0.248. The van der Waals surface area contributed by atoms with E-state index in [1.165, 1.54) is 12.8 Å². The summed E-state index contributed by atoms with van der Waals surface area (Å²) in [4.78, 5) is 10.7. The smallest absolute Gasteiger partial charge is 0.320 e. The fourth-order valence-corrected chi connectivity index (χ4v) is 2.03. The second-order valence-corrected chi connectivity index (χ2v) is 3.56. The first kappa shape index (κ1) is 7.10. The number of carbonyl (C=O) groups is 1. The molecule has 0 unspecified atom stereocenters. The van der Waals surface area contributed by atoms with Gasteiger partial charge in [-0.1, -0.05) is 0 Å². The van der Waals surface area contributed by atoms with Crippen molar-refractivity contribution in [1.82, 2.24) is 5.32 Å². The van der Waals surface area contributed by atoms with Crippen LogP contribution in [-0.2, 0) is 4.79 Å². The van der Waals surface area contributed by atoms with Crippen molar-refractivity contribution in [1.29, 1.82) is 0 Å². The molecule has 0 spiro atoms. The van der Waals surface area contributed by atoms with Crippen LogP contribution >= 0.6 is 0 Å². The van der Waals surface area contributed by atoms with Crippen molar-refractivity contribution in [2.24, 2.45) is 11.8 Å². The van der Waals surface area contributed by atoms with Crippen molar-refractivity contribution in [2.45, 2.75) is 25.3 Å². The van der Waals surface area contributed by atoms with E-state index in [2.05, 4.69) is 5.32 Å². The van der Waals surface area contributed by atoms with Gasteiger partial charge >= 0.3 is 5.97 Å². The van der Waals surface area contributed by atoms with Crippen LogP contribution in [0.3, 0.4) is 0 Å². The highest BCUT2D eigenvalue weighted by molar-refractivity contribution is 5.74. The normalized spacial score (nSPS) is 37.5. The minimum absolute atomic E-state index is 0.248. The monoisotopic (exact) mass is 155 g/mol. The summed E-state index contributed by atoms with van der Waals surface area (Å²) in [5.74, 6) is 0.470. The van der Waals surface area contributed by atoms with Gasteiger partial charge in [-0.15, -0.1) is 0 Å². The van der Waals surface area contributed by atoms with Crippen molar-refractivity contribution in [3.8, 4) is 0 Å². The largest absolute Gasteiger partial charge is 0.480 e. The molecule has 11 heavy (non-hydrogen) atoms. The van der Waals surface area contributed by atoms with Crippen molar-refractivity contribution in [3.05, 3.63) is 0 Å². The maximum Gasteiger partial charge on any atom is 0.320 e. The molecule has 1 saturated carbocycles. The average molecular weight is 155 g/mol. The number of hydrogen-bond acceptors (Lipinski definition) is 2. The van der Waals surface area contributed by atoms with Crippen LogP contribution in [0.15, 0.2) is 0 Å². The molecule has 62 valence electrons. The molecule has 2 fully saturated rings. The lowest BCUT2D eigenvalue weighted by molar-refractivity contribution is -0.140. The molecule has 2 atom stereocenters. The van der Waals surface area contributed by atoms with Gasteiger partial charge in [0.2, 0.25) is 0 Å². The maximum absolute atomic E-state index is 10.7. The first-order valence-corrected chi connectivity index (χ1v) is 4.25. The molecule has 0 aromatic carbocycles. The molecule has 1 aliphatic carbocycles. The van der Waals surface area contributed by atoms with Gasteiger partial charge in [-0.2, -0.15) is 0 Å². The Bertz CT molecular complexity index is 177. The Hall–Kier alpha value is -0.570. The summed E-state index contributed by atoms with van der Waals surface area (Å²) in [6.45, 7) is 0.887. The molecule has 2 aliphatic rings. The Morgan fingerprint density at radius 3 is 2.64 bits per heavy atom. The predicted octanol–water partition coefficient (Wildman–Crippen LogP) is 0.459. The summed E-state index contributed by atoms with van der Waals surface area (Å²) in [6.07, 6.45) is 3.55. The second-order valence-electron chi connectivity index (χ2n) is 3.56. The fourth-order valence-electron chi connectivity index (χ4n) is 2.03. The number of nitrogens with one attached hydrogen (secondary N) is 1. The number of carboxylic acids is 1. The van der Waals surface area contributed by atoms with E-state index in [-0.39, 0.29) is 6.04 Å².